The van der Waals surface area contributed by atoms with E-state index in [1.807, 2.05) is 17.8 Å². The molecule has 0 unspecified atom stereocenters. The number of benzene rings is 1. The maximum atomic E-state index is 12.3. The standard InChI is InChI=1S/C21H24N2OS2/c22-14-18-17-10-5-2-6-11-19(17)26-21(18)23-20(24)12-7-13-25-15-16-8-3-1-4-9-16/h1,3-4,8-9H,2,5-7,10-13,15H2,(H,23,24). The van der Waals surface area contributed by atoms with E-state index in [1.54, 1.807) is 11.3 Å². The van der Waals surface area contributed by atoms with Crippen LogP contribution >= 0.6 is 23.1 Å². The van der Waals surface area contributed by atoms with Gasteiger partial charge in [0, 0.05) is 17.1 Å². The Labute approximate surface area is 163 Å². The number of rotatable bonds is 7. The number of nitrogens with zero attached hydrogens (tertiary/aromatic N) is 1. The van der Waals surface area contributed by atoms with Gasteiger partial charge in [0.1, 0.15) is 11.1 Å². The SMILES string of the molecule is N#Cc1c(NC(=O)CCCSCc2ccccc2)sc2c1CCCCC2. The summed E-state index contributed by atoms with van der Waals surface area (Å²) in [5, 5.41) is 13.3. The van der Waals surface area contributed by atoms with Crippen LogP contribution in [0.4, 0.5) is 5.00 Å². The number of thiophene rings is 1. The van der Waals surface area contributed by atoms with E-state index in [0.717, 1.165) is 42.2 Å². The molecule has 3 rings (SSSR count). The molecule has 0 saturated carbocycles. The van der Waals surface area contributed by atoms with Crippen LogP contribution in [0.3, 0.4) is 0 Å². The molecule has 1 aromatic heterocycles. The maximum absolute atomic E-state index is 12.3. The fourth-order valence-electron chi connectivity index (χ4n) is 3.24. The first-order valence-electron chi connectivity index (χ1n) is 9.24. The lowest BCUT2D eigenvalue weighted by atomic mass is 10.1. The monoisotopic (exact) mass is 384 g/mol. The molecule has 0 fully saturated rings. The lowest BCUT2D eigenvalue weighted by molar-refractivity contribution is -0.116. The first kappa shape index (κ1) is 19.0. The minimum atomic E-state index is 0.0261. The summed E-state index contributed by atoms with van der Waals surface area (Å²) in [5.41, 5.74) is 3.21. The molecule has 0 atom stereocenters. The molecule has 0 aliphatic heterocycles. The first-order valence-corrected chi connectivity index (χ1v) is 11.2. The minimum absolute atomic E-state index is 0.0261. The molecule has 1 N–H and O–H groups in total. The fourth-order valence-corrected chi connectivity index (χ4v) is 5.41. The summed E-state index contributed by atoms with van der Waals surface area (Å²) in [6.07, 6.45) is 6.94. The lowest BCUT2D eigenvalue weighted by Crippen LogP contribution is -2.11. The molecule has 5 heteroatoms. The van der Waals surface area contributed by atoms with Crippen molar-refractivity contribution in [2.24, 2.45) is 0 Å². The second kappa shape index (κ2) is 9.80. The molecule has 3 nitrogen and oxygen atoms in total. The molecule has 0 saturated heterocycles. The van der Waals surface area contributed by atoms with Gasteiger partial charge in [0.05, 0.1) is 5.56 Å². The van der Waals surface area contributed by atoms with Gasteiger partial charge in [-0.05, 0) is 49.0 Å². The zero-order valence-electron chi connectivity index (χ0n) is 14.9. The zero-order chi connectivity index (χ0) is 18.2. The average molecular weight is 385 g/mol. The van der Waals surface area contributed by atoms with Crippen molar-refractivity contribution < 1.29 is 4.79 Å². The topological polar surface area (TPSA) is 52.9 Å². The van der Waals surface area contributed by atoms with Crippen LogP contribution in [0.2, 0.25) is 0 Å². The highest BCUT2D eigenvalue weighted by molar-refractivity contribution is 7.98. The zero-order valence-corrected chi connectivity index (χ0v) is 16.6. The van der Waals surface area contributed by atoms with Crippen molar-refractivity contribution in [3.63, 3.8) is 0 Å². The van der Waals surface area contributed by atoms with E-state index in [4.69, 9.17) is 0 Å². The predicted molar refractivity (Wildman–Crippen MR) is 111 cm³/mol. The van der Waals surface area contributed by atoms with Crippen LogP contribution in [0.5, 0.6) is 0 Å². The third-order valence-corrected chi connectivity index (χ3v) is 6.91. The number of hydrogen-bond acceptors (Lipinski definition) is 4. The van der Waals surface area contributed by atoms with Gasteiger partial charge in [0.15, 0.2) is 0 Å². The molecule has 26 heavy (non-hydrogen) atoms. The molecule has 0 spiro atoms. The summed E-state index contributed by atoms with van der Waals surface area (Å²) in [7, 11) is 0. The van der Waals surface area contributed by atoms with Gasteiger partial charge in [0.25, 0.3) is 0 Å². The predicted octanol–water partition coefficient (Wildman–Crippen LogP) is 5.54. The molecule has 1 aromatic carbocycles. The van der Waals surface area contributed by atoms with E-state index in [-0.39, 0.29) is 5.91 Å². The third-order valence-electron chi connectivity index (χ3n) is 4.59. The Bertz CT molecular complexity index is 777. The molecular weight excluding hydrogens is 360 g/mol. The largest absolute Gasteiger partial charge is 0.317 e. The van der Waals surface area contributed by atoms with Crippen molar-refractivity contribution in [2.75, 3.05) is 11.1 Å². The molecule has 1 heterocycles. The summed E-state index contributed by atoms with van der Waals surface area (Å²) >= 11 is 3.47. The second-order valence-corrected chi connectivity index (χ2v) is 8.78. The van der Waals surface area contributed by atoms with Crippen molar-refractivity contribution >= 4 is 34.0 Å². The lowest BCUT2D eigenvalue weighted by Gasteiger charge is -2.05. The van der Waals surface area contributed by atoms with Gasteiger partial charge in [-0.25, -0.2) is 0 Å². The molecule has 0 bridgehead atoms. The van der Waals surface area contributed by atoms with Gasteiger partial charge in [-0.3, -0.25) is 4.79 Å². The van der Waals surface area contributed by atoms with Gasteiger partial charge in [-0.15, -0.1) is 11.3 Å². The number of fused-ring (bicyclic) bond motifs is 1. The maximum Gasteiger partial charge on any atom is 0.225 e. The quantitative estimate of drug-likeness (QED) is 0.503. The Morgan fingerprint density at radius 1 is 1.19 bits per heavy atom. The highest BCUT2D eigenvalue weighted by Gasteiger charge is 2.20. The van der Waals surface area contributed by atoms with E-state index < -0.39 is 0 Å². The van der Waals surface area contributed by atoms with Crippen molar-refractivity contribution in [2.45, 2.75) is 50.7 Å². The minimum Gasteiger partial charge on any atom is -0.317 e. The summed E-state index contributed by atoms with van der Waals surface area (Å²) in [6.45, 7) is 0. The number of carbonyl (C=O) groups excluding carboxylic acids is 1. The third kappa shape index (κ3) is 5.12. The van der Waals surface area contributed by atoms with Crippen molar-refractivity contribution in [1.29, 1.82) is 5.26 Å². The summed E-state index contributed by atoms with van der Waals surface area (Å²) in [4.78, 5) is 13.6. The number of amides is 1. The van der Waals surface area contributed by atoms with Crippen LogP contribution in [-0.2, 0) is 23.4 Å². The van der Waals surface area contributed by atoms with Gasteiger partial charge >= 0.3 is 0 Å². The molecule has 1 aliphatic carbocycles. The Morgan fingerprint density at radius 3 is 2.81 bits per heavy atom. The second-order valence-electron chi connectivity index (χ2n) is 6.57. The van der Waals surface area contributed by atoms with E-state index in [2.05, 4.69) is 35.7 Å². The summed E-state index contributed by atoms with van der Waals surface area (Å²) in [5.74, 6) is 1.98. The Hall–Kier alpha value is -1.77. The van der Waals surface area contributed by atoms with Crippen LogP contribution in [0, 0.1) is 11.3 Å². The average Bonchev–Trinajstić information content (AvgIpc) is 2.81. The fraction of sp³-hybridized carbons (Fsp3) is 0.429. The number of aryl methyl sites for hydroxylation is 1. The Morgan fingerprint density at radius 2 is 2.00 bits per heavy atom. The number of nitriles is 1. The van der Waals surface area contributed by atoms with Gasteiger partial charge in [-0.1, -0.05) is 36.8 Å². The van der Waals surface area contributed by atoms with Crippen LogP contribution < -0.4 is 5.32 Å². The van der Waals surface area contributed by atoms with Crippen molar-refractivity contribution in [1.82, 2.24) is 0 Å². The van der Waals surface area contributed by atoms with Crippen LogP contribution in [0.15, 0.2) is 30.3 Å². The molecule has 1 aliphatic rings. The van der Waals surface area contributed by atoms with E-state index in [0.29, 0.717) is 12.0 Å². The molecule has 136 valence electrons. The van der Waals surface area contributed by atoms with Crippen LogP contribution in [0.25, 0.3) is 0 Å². The number of thioether (sulfide) groups is 1. The van der Waals surface area contributed by atoms with E-state index >= 15 is 0 Å². The smallest absolute Gasteiger partial charge is 0.225 e. The van der Waals surface area contributed by atoms with Gasteiger partial charge < -0.3 is 5.32 Å². The summed E-state index contributed by atoms with van der Waals surface area (Å²) in [6, 6.07) is 12.7. The van der Waals surface area contributed by atoms with Crippen LogP contribution in [-0.4, -0.2) is 11.7 Å². The molecule has 2 aromatic rings. The van der Waals surface area contributed by atoms with Crippen LogP contribution in [0.1, 0.15) is 53.7 Å². The number of carbonyl (C=O) groups is 1. The van der Waals surface area contributed by atoms with Crippen molar-refractivity contribution in [3.05, 3.63) is 51.9 Å². The summed E-state index contributed by atoms with van der Waals surface area (Å²) < 4.78 is 0. The highest BCUT2D eigenvalue weighted by Crippen LogP contribution is 2.37. The molecule has 1 amide bonds. The number of nitrogens with one attached hydrogen (secondary N) is 1. The Balaban J connectivity index is 1.45. The number of hydrogen-bond donors (Lipinski definition) is 1. The van der Waals surface area contributed by atoms with E-state index in [1.165, 1.54) is 28.8 Å². The first-order chi connectivity index (χ1) is 12.8. The van der Waals surface area contributed by atoms with Crippen molar-refractivity contribution in [3.8, 4) is 6.07 Å². The molecule has 0 radical (unpaired) electrons. The normalized spacial score (nSPS) is 13.5. The van der Waals surface area contributed by atoms with E-state index in [9.17, 15) is 10.1 Å². The Kier molecular flexibility index (Phi) is 7.16. The number of anilines is 1. The molecular formula is C21H24N2OS2. The van der Waals surface area contributed by atoms with Gasteiger partial charge in [-0.2, -0.15) is 17.0 Å². The highest BCUT2D eigenvalue weighted by atomic mass is 32.2. The van der Waals surface area contributed by atoms with Gasteiger partial charge in [0.2, 0.25) is 5.91 Å².